The lowest BCUT2D eigenvalue weighted by atomic mass is 10.1. The van der Waals surface area contributed by atoms with Gasteiger partial charge in [0.2, 0.25) is 17.6 Å². The number of hydrogen-bond donors (Lipinski definition) is 1. The highest BCUT2D eigenvalue weighted by Crippen LogP contribution is 2.24. The quantitative estimate of drug-likeness (QED) is 0.672. The summed E-state index contributed by atoms with van der Waals surface area (Å²) in [6, 6.07) is 9.03. The summed E-state index contributed by atoms with van der Waals surface area (Å²) >= 11 is 0. The molecule has 0 unspecified atom stereocenters. The fraction of sp³-hybridized carbons (Fsp3) is 0.350. The van der Waals surface area contributed by atoms with E-state index >= 15 is 0 Å². The Morgan fingerprint density at radius 2 is 2.07 bits per heavy atom. The largest absolute Gasteiger partial charge is 0.354 e. The molecule has 1 saturated heterocycles. The number of pyridine rings is 2. The van der Waals surface area contributed by atoms with E-state index in [0.717, 1.165) is 31.5 Å². The number of aromatic nitrogens is 4. The van der Waals surface area contributed by atoms with Crippen molar-refractivity contribution in [1.29, 1.82) is 0 Å². The highest BCUT2D eigenvalue weighted by atomic mass is 16.5. The average molecular weight is 378 g/mol. The molecule has 28 heavy (non-hydrogen) atoms. The molecule has 3 aromatic heterocycles. The van der Waals surface area contributed by atoms with Crippen molar-refractivity contribution in [3.63, 3.8) is 0 Å². The lowest BCUT2D eigenvalue weighted by Crippen LogP contribution is -2.40. The second-order valence-electron chi connectivity index (χ2n) is 6.70. The number of likely N-dealkylation sites (tertiary alicyclic amines) is 1. The zero-order chi connectivity index (χ0) is 19.2. The van der Waals surface area contributed by atoms with E-state index in [1.54, 1.807) is 18.6 Å². The Hall–Kier alpha value is -3.13. The highest BCUT2D eigenvalue weighted by Gasteiger charge is 2.29. The van der Waals surface area contributed by atoms with Crippen molar-refractivity contribution in [3.05, 3.63) is 60.4 Å². The van der Waals surface area contributed by atoms with Crippen LogP contribution in [-0.2, 0) is 11.2 Å². The molecule has 1 aliphatic rings. The molecule has 8 nitrogen and oxygen atoms in total. The van der Waals surface area contributed by atoms with Crippen LogP contribution >= 0.6 is 0 Å². The van der Waals surface area contributed by atoms with Crippen LogP contribution < -0.4 is 5.32 Å². The molecular formula is C20H22N6O2. The van der Waals surface area contributed by atoms with Gasteiger partial charge < -0.3 is 9.84 Å². The zero-order valence-electron chi connectivity index (χ0n) is 15.5. The molecule has 1 aliphatic heterocycles. The predicted molar refractivity (Wildman–Crippen MR) is 102 cm³/mol. The van der Waals surface area contributed by atoms with E-state index in [4.69, 9.17) is 4.52 Å². The molecule has 4 rings (SSSR count). The highest BCUT2D eigenvalue weighted by molar-refractivity contribution is 5.83. The second-order valence-corrected chi connectivity index (χ2v) is 6.70. The maximum atomic E-state index is 12.9. The summed E-state index contributed by atoms with van der Waals surface area (Å²) < 4.78 is 5.27. The number of nitrogens with one attached hydrogen (secondary N) is 1. The molecule has 144 valence electrons. The monoisotopic (exact) mass is 378 g/mol. The molecule has 1 amide bonds. The zero-order valence-corrected chi connectivity index (χ0v) is 15.5. The normalized spacial score (nSPS) is 15.4. The third-order valence-corrected chi connectivity index (χ3v) is 4.75. The average Bonchev–Trinajstić information content (AvgIpc) is 3.42. The van der Waals surface area contributed by atoms with Gasteiger partial charge in [-0.2, -0.15) is 4.98 Å². The molecule has 3 aromatic rings. The molecule has 0 saturated carbocycles. The first-order valence-corrected chi connectivity index (χ1v) is 9.47. The van der Waals surface area contributed by atoms with Crippen molar-refractivity contribution in [1.82, 2.24) is 30.3 Å². The molecule has 0 radical (unpaired) electrons. The number of carbonyl (C=O) groups excluding carboxylic acids is 1. The van der Waals surface area contributed by atoms with Gasteiger partial charge in [-0.15, -0.1) is 0 Å². The first-order chi connectivity index (χ1) is 13.8. The summed E-state index contributed by atoms with van der Waals surface area (Å²) in [5, 5.41) is 6.96. The standard InChI is InChI=1S/C20H22N6O2/c27-20(18(26-12-3-4-13-26)15-6-5-9-21-14-15)23-11-8-17-24-19(25-28-17)16-7-1-2-10-22-16/h1-2,5-7,9-10,14,18H,3-4,8,11-13H2,(H,23,27)/t18-/m1/s1. The third kappa shape index (κ3) is 4.23. The first-order valence-electron chi connectivity index (χ1n) is 9.47. The number of hydrogen-bond acceptors (Lipinski definition) is 7. The number of nitrogens with zero attached hydrogens (tertiary/aromatic N) is 5. The minimum Gasteiger partial charge on any atom is -0.354 e. The van der Waals surface area contributed by atoms with Gasteiger partial charge in [0, 0.05) is 31.6 Å². The Bertz CT molecular complexity index is 893. The van der Waals surface area contributed by atoms with Crippen LogP contribution in [0.3, 0.4) is 0 Å². The van der Waals surface area contributed by atoms with Crippen LogP contribution in [0.5, 0.6) is 0 Å². The van der Waals surface area contributed by atoms with E-state index in [2.05, 4.69) is 30.3 Å². The minimum absolute atomic E-state index is 0.0284. The van der Waals surface area contributed by atoms with E-state index in [-0.39, 0.29) is 11.9 Å². The molecule has 4 heterocycles. The summed E-state index contributed by atoms with van der Waals surface area (Å²) in [4.78, 5) is 27.8. The topological polar surface area (TPSA) is 97.0 Å². The van der Waals surface area contributed by atoms with E-state index in [1.807, 2.05) is 30.3 Å². The van der Waals surface area contributed by atoms with Gasteiger partial charge in [-0.25, -0.2) is 0 Å². The maximum Gasteiger partial charge on any atom is 0.242 e. The number of rotatable bonds is 7. The summed E-state index contributed by atoms with van der Waals surface area (Å²) in [7, 11) is 0. The summed E-state index contributed by atoms with van der Waals surface area (Å²) in [5.74, 6) is 0.895. The summed E-state index contributed by atoms with van der Waals surface area (Å²) in [6.07, 6.45) is 7.86. The van der Waals surface area contributed by atoms with E-state index < -0.39 is 0 Å². The van der Waals surface area contributed by atoms with E-state index in [1.165, 1.54) is 0 Å². The summed E-state index contributed by atoms with van der Waals surface area (Å²) in [6.45, 7) is 2.27. The van der Waals surface area contributed by atoms with Gasteiger partial charge in [-0.1, -0.05) is 17.3 Å². The summed E-state index contributed by atoms with van der Waals surface area (Å²) in [5.41, 5.74) is 1.57. The Morgan fingerprint density at radius 3 is 2.82 bits per heavy atom. The van der Waals surface area contributed by atoms with Gasteiger partial charge in [0.15, 0.2) is 0 Å². The Kier molecular flexibility index (Phi) is 5.67. The van der Waals surface area contributed by atoms with Crippen LogP contribution in [0.4, 0.5) is 0 Å². The van der Waals surface area contributed by atoms with Crippen molar-refractivity contribution in [2.45, 2.75) is 25.3 Å². The van der Waals surface area contributed by atoms with Gasteiger partial charge in [0.25, 0.3) is 0 Å². The van der Waals surface area contributed by atoms with E-state index in [0.29, 0.717) is 30.4 Å². The van der Waals surface area contributed by atoms with Gasteiger partial charge in [-0.3, -0.25) is 19.7 Å². The maximum absolute atomic E-state index is 12.9. The Labute approximate surface area is 163 Å². The van der Waals surface area contributed by atoms with Gasteiger partial charge in [-0.05, 0) is 49.7 Å². The predicted octanol–water partition coefficient (Wildman–Crippen LogP) is 2.02. The van der Waals surface area contributed by atoms with Gasteiger partial charge >= 0.3 is 0 Å². The smallest absolute Gasteiger partial charge is 0.242 e. The molecular weight excluding hydrogens is 356 g/mol. The van der Waals surface area contributed by atoms with Crippen LogP contribution in [0.15, 0.2) is 53.4 Å². The van der Waals surface area contributed by atoms with Crippen LogP contribution in [0.2, 0.25) is 0 Å². The Balaban J connectivity index is 1.37. The van der Waals surface area contributed by atoms with Crippen LogP contribution in [0.25, 0.3) is 11.5 Å². The van der Waals surface area contributed by atoms with Crippen molar-refractivity contribution in [3.8, 4) is 11.5 Å². The molecule has 0 aliphatic carbocycles. The molecule has 0 bridgehead atoms. The fourth-order valence-corrected chi connectivity index (χ4v) is 3.41. The van der Waals surface area contributed by atoms with E-state index in [9.17, 15) is 4.79 Å². The minimum atomic E-state index is -0.317. The molecule has 1 N–H and O–H groups in total. The fourth-order valence-electron chi connectivity index (χ4n) is 3.41. The van der Waals surface area contributed by atoms with Crippen molar-refractivity contribution in [2.24, 2.45) is 0 Å². The molecule has 0 aromatic carbocycles. The Morgan fingerprint density at radius 1 is 1.18 bits per heavy atom. The van der Waals surface area contributed by atoms with Crippen molar-refractivity contribution >= 4 is 5.91 Å². The molecule has 1 fully saturated rings. The van der Waals surface area contributed by atoms with Crippen molar-refractivity contribution in [2.75, 3.05) is 19.6 Å². The van der Waals surface area contributed by atoms with Gasteiger partial charge in [0.05, 0.1) is 0 Å². The second kappa shape index (κ2) is 8.71. The molecule has 1 atom stereocenters. The third-order valence-electron chi connectivity index (χ3n) is 4.75. The van der Waals surface area contributed by atoms with Crippen LogP contribution in [-0.4, -0.2) is 50.5 Å². The lowest BCUT2D eigenvalue weighted by Gasteiger charge is -2.26. The number of carbonyl (C=O) groups is 1. The van der Waals surface area contributed by atoms with Crippen LogP contribution in [0, 0.1) is 0 Å². The SMILES string of the molecule is O=C(NCCc1nc(-c2ccccn2)no1)[C@@H](c1cccnc1)N1CCCC1. The molecule has 8 heteroatoms. The van der Waals surface area contributed by atoms with Crippen LogP contribution in [0.1, 0.15) is 30.3 Å². The first kappa shape index (κ1) is 18.2. The van der Waals surface area contributed by atoms with Gasteiger partial charge in [0.1, 0.15) is 11.7 Å². The van der Waals surface area contributed by atoms with Crippen molar-refractivity contribution < 1.29 is 9.32 Å². The number of amides is 1. The molecule has 0 spiro atoms. The lowest BCUT2D eigenvalue weighted by molar-refractivity contribution is -0.126.